The van der Waals surface area contributed by atoms with Crippen molar-refractivity contribution in [3.05, 3.63) is 83.8 Å². The monoisotopic (exact) mass is 497 g/mol. The lowest BCUT2D eigenvalue weighted by atomic mass is 9.79. The number of carbonyl (C=O) groups is 1. The Kier molecular flexibility index (Phi) is 7.35. The summed E-state index contributed by atoms with van der Waals surface area (Å²) in [5.74, 6) is -0.0313. The molecule has 0 aliphatic carbocycles. The summed E-state index contributed by atoms with van der Waals surface area (Å²) in [6.45, 7) is 4.65. The number of para-hydroxylation sites is 1. The van der Waals surface area contributed by atoms with Crippen LogP contribution in [0.2, 0.25) is 0 Å². The topological polar surface area (TPSA) is 88.6 Å². The van der Waals surface area contributed by atoms with Crippen LogP contribution in [0.25, 0.3) is 0 Å². The molecular weight excluding hydrogens is 469 g/mol. The Morgan fingerprint density at radius 3 is 2.63 bits per heavy atom. The largest absolute Gasteiger partial charge is 0.425 e. The van der Waals surface area contributed by atoms with E-state index in [1.165, 1.54) is 29.3 Å². The van der Waals surface area contributed by atoms with Gasteiger partial charge in [0.2, 0.25) is 0 Å². The van der Waals surface area contributed by atoms with Crippen LogP contribution in [0.5, 0.6) is 0 Å². The van der Waals surface area contributed by atoms with Crippen molar-refractivity contribution in [2.45, 2.75) is 37.6 Å². The normalized spacial score (nSPS) is 18.2. The predicted molar refractivity (Wildman–Crippen MR) is 131 cm³/mol. The van der Waals surface area contributed by atoms with Gasteiger partial charge in [0.15, 0.2) is 5.03 Å². The summed E-state index contributed by atoms with van der Waals surface area (Å²) in [5.41, 5.74) is 3.35. The Hall–Kier alpha value is -3.46. The fraction of sp³-hybridized carbons (Fsp3) is 0.308. The van der Waals surface area contributed by atoms with Crippen LogP contribution in [0, 0.1) is 18.7 Å². The van der Waals surface area contributed by atoms with Gasteiger partial charge in [-0.15, -0.1) is 0 Å². The highest BCUT2D eigenvalue weighted by Gasteiger charge is 2.34. The molecule has 2 heterocycles. The molecule has 1 N–H and O–H groups in total. The van der Waals surface area contributed by atoms with Gasteiger partial charge in [-0.1, -0.05) is 43.7 Å². The van der Waals surface area contributed by atoms with Crippen molar-refractivity contribution >= 4 is 27.6 Å². The van der Waals surface area contributed by atoms with Crippen LogP contribution >= 0.6 is 0 Å². The van der Waals surface area contributed by atoms with Crippen molar-refractivity contribution < 1.29 is 21.8 Å². The maximum atomic E-state index is 13.3. The number of amides is 1. The SMILES string of the molecule is CCC1CN(C(=O)OS(=O)(=O)c2cc(Nc3ccccc3C)ccn2)CCC1c1ccc(F)cc1. The molecule has 0 saturated carbocycles. The highest BCUT2D eigenvalue weighted by molar-refractivity contribution is 7.87. The second-order valence-corrected chi connectivity index (χ2v) is 10.2. The number of pyridine rings is 1. The van der Waals surface area contributed by atoms with Gasteiger partial charge in [-0.2, -0.15) is 8.42 Å². The number of hydrogen-bond donors (Lipinski definition) is 1. The number of rotatable bonds is 6. The Labute approximate surface area is 205 Å². The number of nitrogens with one attached hydrogen (secondary N) is 1. The van der Waals surface area contributed by atoms with E-state index in [2.05, 4.69) is 10.3 Å². The van der Waals surface area contributed by atoms with Gasteiger partial charge in [0, 0.05) is 36.7 Å². The number of halogens is 1. The molecule has 2 unspecified atom stereocenters. The third-order valence-corrected chi connectivity index (χ3v) is 7.51. The van der Waals surface area contributed by atoms with E-state index in [0.29, 0.717) is 25.2 Å². The summed E-state index contributed by atoms with van der Waals surface area (Å²) in [5, 5.41) is 2.81. The fourth-order valence-electron chi connectivity index (χ4n) is 4.44. The number of benzene rings is 2. The molecule has 0 spiro atoms. The fourth-order valence-corrected chi connectivity index (χ4v) is 5.28. The van der Waals surface area contributed by atoms with E-state index in [1.54, 1.807) is 18.2 Å². The molecule has 35 heavy (non-hydrogen) atoms. The van der Waals surface area contributed by atoms with E-state index < -0.39 is 16.2 Å². The quantitative estimate of drug-likeness (QED) is 0.445. The van der Waals surface area contributed by atoms with Crippen molar-refractivity contribution in [2.24, 2.45) is 5.92 Å². The van der Waals surface area contributed by atoms with E-state index in [0.717, 1.165) is 23.2 Å². The summed E-state index contributed by atoms with van der Waals surface area (Å²) in [4.78, 5) is 18.1. The van der Waals surface area contributed by atoms with Crippen LogP contribution in [0.3, 0.4) is 0 Å². The number of hydrogen-bond acceptors (Lipinski definition) is 6. The Bertz CT molecular complexity index is 1300. The molecular formula is C26H28FN3O4S. The molecule has 7 nitrogen and oxygen atoms in total. The van der Waals surface area contributed by atoms with E-state index >= 15 is 0 Å². The number of carbonyl (C=O) groups excluding carboxylic acids is 1. The molecule has 0 radical (unpaired) electrons. The van der Waals surface area contributed by atoms with Gasteiger partial charge in [0.05, 0.1) is 0 Å². The number of aromatic nitrogens is 1. The molecule has 1 aliphatic rings. The van der Waals surface area contributed by atoms with Crippen LogP contribution in [0.1, 0.15) is 36.8 Å². The Morgan fingerprint density at radius 1 is 1.17 bits per heavy atom. The highest BCUT2D eigenvalue weighted by Crippen LogP contribution is 2.35. The maximum absolute atomic E-state index is 13.3. The molecule has 1 amide bonds. The number of aryl methyl sites for hydroxylation is 1. The van der Waals surface area contributed by atoms with Crippen LogP contribution < -0.4 is 5.32 Å². The summed E-state index contributed by atoms with van der Waals surface area (Å²) in [6.07, 6.45) is 1.85. The highest BCUT2D eigenvalue weighted by atomic mass is 32.2. The standard InChI is InChI=1S/C26H28FN3O4S/c1-3-19-17-30(15-13-23(19)20-8-10-21(27)11-9-20)26(31)34-35(32,33)25-16-22(12-14-28-25)29-24-7-5-4-6-18(24)2/h4-12,14,16,19,23H,3,13,15,17H2,1-2H3,(H,28,29). The summed E-state index contributed by atoms with van der Waals surface area (Å²) >= 11 is 0. The minimum Gasteiger partial charge on any atom is -0.355 e. The first-order chi connectivity index (χ1) is 16.8. The predicted octanol–water partition coefficient (Wildman–Crippen LogP) is 5.61. The van der Waals surface area contributed by atoms with Gasteiger partial charge >= 0.3 is 16.2 Å². The Morgan fingerprint density at radius 2 is 1.91 bits per heavy atom. The number of anilines is 2. The minimum absolute atomic E-state index is 0.101. The molecule has 1 fully saturated rings. The minimum atomic E-state index is -4.41. The Balaban J connectivity index is 1.44. The molecule has 2 atom stereocenters. The first-order valence-corrected chi connectivity index (χ1v) is 12.9. The van der Waals surface area contributed by atoms with Crippen molar-refractivity contribution in [3.63, 3.8) is 0 Å². The molecule has 1 aliphatic heterocycles. The van der Waals surface area contributed by atoms with Crippen LogP contribution in [-0.2, 0) is 14.3 Å². The third-order valence-electron chi connectivity index (χ3n) is 6.41. The van der Waals surface area contributed by atoms with Crippen LogP contribution in [-0.4, -0.2) is 37.5 Å². The van der Waals surface area contributed by atoms with E-state index in [9.17, 15) is 17.6 Å². The number of likely N-dealkylation sites (tertiary alicyclic amines) is 1. The van der Waals surface area contributed by atoms with Gasteiger partial charge < -0.3 is 14.4 Å². The number of nitrogens with zero attached hydrogens (tertiary/aromatic N) is 2. The van der Waals surface area contributed by atoms with Gasteiger partial charge in [0.25, 0.3) is 0 Å². The second-order valence-electron chi connectivity index (χ2n) is 8.69. The lowest BCUT2D eigenvalue weighted by molar-refractivity contribution is 0.119. The average Bonchev–Trinajstić information content (AvgIpc) is 2.85. The van der Waals surface area contributed by atoms with Crippen molar-refractivity contribution in [1.29, 1.82) is 0 Å². The summed E-state index contributed by atoms with van der Waals surface area (Å²) in [6, 6.07) is 17.0. The van der Waals surface area contributed by atoms with Crippen LogP contribution in [0.15, 0.2) is 71.9 Å². The third kappa shape index (κ3) is 5.79. The first kappa shape index (κ1) is 24.7. The van der Waals surface area contributed by atoms with E-state index in [1.807, 2.05) is 38.1 Å². The molecule has 4 rings (SSSR count). The van der Waals surface area contributed by atoms with Crippen molar-refractivity contribution in [3.8, 4) is 0 Å². The summed E-state index contributed by atoms with van der Waals surface area (Å²) < 4.78 is 43.9. The smallest absolute Gasteiger partial charge is 0.355 e. The molecule has 2 aromatic carbocycles. The molecule has 1 aromatic heterocycles. The van der Waals surface area contributed by atoms with E-state index in [-0.39, 0.29) is 22.7 Å². The maximum Gasteiger partial charge on any atom is 0.425 e. The average molecular weight is 498 g/mol. The molecule has 9 heteroatoms. The van der Waals surface area contributed by atoms with Gasteiger partial charge in [0.1, 0.15) is 5.82 Å². The van der Waals surface area contributed by atoms with Crippen molar-refractivity contribution in [1.82, 2.24) is 9.88 Å². The zero-order valence-corrected chi connectivity index (χ0v) is 20.5. The van der Waals surface area contributed by atoms with E-state index in [4.69, 9.17) is 4.18 Å². The number of piperidine rings is 1. The van der Waals surface area contributed by atoms with Crippen LogP contribution in [0.4, 0.5) is 20.6 Å². The lowest BCUT2D eigenvalue weighted by Gasteiger charge is -2.37. The molecule has 1 saturated heterocycles. The second kappa shape index (κ2) is 10.4. The lowest BCUT2D eigenvalue weighted by Crippen LogP contribution is -2.43. The molecule has 184 valence electrons. The molecule has 3 aromatic rings. The van der Waals surface area contributed by atoms with Crippen molar-refractivity contribution in [2.75, 3.05) is 18.4 Å². The van der Waals surface area contributed by atoms with Gasteiger partial charge in [-0.05, 0) is 60.6 Å². The molecule has 0 bridgehead atoms. The zero-order valence-electron chi connectivity index (χ0n) is 19.6. The van der Waals surface area contributed by atoms with Gasteiger partial charge in [-0.25, -0.2) is 14.2 Å². The van der Waals surface area contributed by atoms with Gasteiger partial charge in [-0.3, -0.25) is 0 Å². The zero-order chi connectivity index (χ0) is 25.0. The first-order valence-electron chi connectivity index (χ1n) is 11.5. The summed E-state index contributed by atoms with van der Waals surface area (Å²) in [7, 11) is -4.41.